The molecule has 3 nitrogen and oxygen atoms in total. The Labute approximate surface area is 97.1 Å². The van der Waals surface area contributed by atoms with Gasteiger partial charge in [-0.3, -0.25) is 16.3 Å². The van der Waals surface area contributed by atoms with Crippen LogP contribution in [0.15, 0.2) is 36.0 Å². The Morgan fingerprint density at radius 1 is 1.50 bits per heavy atom. The van der Waals surface area contributed by atoms with Gasteiger partial charge in [0.15, 0.2) is 0 Å². The number of hydrogen-bond donors (Lipinski definition) is 2. The maximum atomic E-state index is 13.1. The van der Waals surface area contributed by atoms with E-state index in [1.165, 1.54) is 12.1 Å². The van der Waals surface area contributed by atoms with Gasteiger partial charge in [-0.05, 0) is 17.7 Å². The van der Waals surface area contributed by atoms with Crippen LogP contribution >= 0.6 is 11.3 Å². The first-order valence-electron chi connectivity index (χ1n) is 4.88. The van der Waals surface area contributed by atoms with Crippen LogP contribution in [-0.4, -0.2) is 4.98 Å². The molecule has 0 fully saturated rings. The highest BCUT2D eigenvalue weighted by molar-refractivity contribution is 7.09. The fraction of sp³-hybridized carbons (Fsp3) is 0.182. The highest BCUT2D eigenvalue weighted by Crippen LogP contribution is 2.20. The van der Waals surface area contributed by atoms with Gasteiger partial charge in [-0.1, -0.05) is 12.1 Å². The molecule has 2 aromatic rings. The van der Waals surface area contributed by atoms with Gasteiger partial charge in [-0.25, -0.2) is 4.39 Å². The van der Waals surface area contributed by atoms with E-state index < -0.39 is 0 Å². The van der Waals surface area contributed by atoms with E-state index in [1.54, 1.807) is 29.1 Å². The summed E-state index contributed by atoms with van der Waals surface area (Å²) in [5.74, 6) is 5.24. The molecule has 0 aliphatic rings. The quantitative estimate of drug-likeness (QED) is 0.632. The zero-order chi connectivity index (χ0) is 11.4. The number of nitrogens with one attached hydrogen (secondary N) is 1. The third kappa shape index (κ3) is 2.63. The summed E-state index contributed by atoms with van der Waals surface area (Å²) in [4.78, 5) is 5.11. The molecule has 0 saturated heterocycles. The summed E-state index contributed by atoms with van der Waals surface area (Å²) in [6.45, 7) is 0. The minimum atomic E-state index is -0.248. The molecular formula is C11H12FN3S. The molecule has 1 atom stereocenters. The van der Waals surface area contributed by atoms with Gasteiger partial charge >= 0.3 is 0 Å². The summed E-state index contributed by atoms with van der Waals surface area (Å²) in [5.41, 5.74) is 5.31. The first-order chi connectivity index (χ1) is 7.79. The van der Waals surface area contributed by atoms with E-state index >= 15 is 0 Å². The van der Waals surface area contributed by atoms with Crippen molar-refractivity contribution in [3.63, 3.8) is 0 Å². The normalized spacial score (nSPS) is 12.6. The van der Waals surface area contributed by atoms with Gasteiger partial charge in [0.2, 0.25) is 0 Å². The monoisotopic (exact) mass is 237 g/mol. The summed E-state index contributed by atoms with van der Waals surface area (Å²) in [6, 6.07) is 6.36. The van der Waals surface area contributed by atoms with Crippen molar-refractivity contribution in [2.24, 2.45) is 5.84 Å². The predicted octanol–water partition coefficient (Wildman–Crippen LogP) is 2.03. The fourth-order valence-corrected chi connectivity index (χ4v) is 2.18. The van der Waals surface area contributed by atoms with Crippen LogP contribution in [0.3, 0.4) is 0 Å². The lowest BCUT2D eigenvalue weighted by Crippen LogP contribution is -2.29. The standard InChI is InChI=1S/C11H12FN3S/c12-9-3-1-2-8(4-9)11(15-13)5-10-6-14-7-16-10/h1-4,6-7,11,15H,5,13H2. The summed E-state index contributed by atoms with van der Waals surface area (Å²) in [5, 5.41) is 0. The van der Waals surface area contributed by atoms with E-state index in [9.17, 15) is 4.39 Å². The van der Waals surface area contributed by atoms with Crippen LogP contribution in [0, 0.1) is 5.82 Å². The van der Waals surface area contributed by atoms with Gasteiger partial charge in [0.1, 0.15) is 5.82 Å². The van der Waals surface area contributed by atoms with Crippen molar-refractivity contribution in [3.05, 3.63) is 52.2 Å². The van der Waals surface area contributed by atoms with Crippen molar-refractivity contribution in [3.8, 4) is 0 Å². The molecule has 0 aliphatic heterocycles. The van der Waals surface area contributed by atoms with Crippen molar-refractivity contribution in [1.29, 1.82) is 0 Å². The van der Waals surface area contributed by atoms with Crippen LogP contribution in [0.2, 0.25) is 0 Å². The number of benzene rings is 1. The highest BCUT2D eigenvalue weighted by atomic mass is 32.1. The Kier molecular flexibility index (Phi) is 3.61. The summed E-state index contributed by atoms with van der Waals surface area (Å²) >= 11 is 1.57. The lowest BCUT2D eigenvalue weighted by atomic mass is 10.0. The SMILES string of the molecule is NNC(Cc1cncs1)c1cccc(F)c1. The number of nitrogens with zero attached hydrogens (tertiary/aromatic N) is 1. The van der Waals surface area contributed by atoms with Gasteiger partial charge in [-0.15, -0.1) is 11.3 Å². The summed E-state index contributed by atoms with van der Waals surface area (Å²) in [7, 11) is 0. The molecule has 5 heteroatoms. The van der Waals surface area contributed by atoms with E-state index in [-0.39, 0.29) is 11.9 Å². The van der Waals surface area contributed by atoms with E-state index in [4.69, 9.17) is 5.84 Å². The first kappa shape index (κ1) is 11.2. The highest BCUT2D eigenvalue weighted by Gasteiger charge is 2.11. The third-order valence-corrected chi connectivity index (χ3v) is 3.14. The number of halogens is 1. The zero-order valence-corrected chi connectivity index (χ0v) is 9.38. The van der Waals surface area contributed by atoms with Crippen molar-refractivity contribution in [2.45, 2.75) is 12.5 Å². The molecular weight excluding hydrogens is 225 g/mol. The van der Waals surface area contributed by atoms with Crippen LogP contribution in [0.5, 0.6) is 0 Å². The van der Waals surface area contributed by atoms with Crippen LogP contribution < -0.4 is 11.3 Å². The Hall–Kier alpha value is -1.30. The second-order valence-electron chi connectivity index (χ2n) is 3.45. The number of hydrogen-bond acceptors (Lipinski definition) is 4. The Morgan fingerprint density at radius 3 is 3.00 bits per heavy atom. The molecule has 1 unspecified atom stereocenters. The molecule has 16 heavy (non-hydrogen) atoms. The maximum absolute atomic E-state index is 13.1. The van der Waals surface area contributed by atoms with Crippen LogP contribution in [0.25, 0.3) is 0 Å². The summed E-state index contributed by atoms with van der Waals surface area (Å²) < 4.78 is 13.1. The molecule has 1 aromatic heterocycles. The molecule has 3 N–H and O–H groups in total. The maximum Gasteiger partial charge on any atom is 0.123 e. The predicted molar refractivity (Wildman–Crippen MR) is 62.3 cm³/mol. The Morgan fingerprint density at radius 2 is 2.38 bits per heavy atom. The van der Waals surface area contributed by atoms with Gasteiger partial charge in [0.05, 0.1) is 11.6 Å². The molecule has 0 radical (unpaired) electrons. The van der Waals surface area contributed by atoms with E-state index in [0.717, 1.165) is 10.4 Å². The van der Waals surface area contributed by atoms with E-state index in [1.807, 2.05) is 6.07 Å². The van der Waals surface area contributed by atoms with E-state index in [2.05, 4.69) is 10.4 Å². The molecule has 1 heterocycles. The second-order valence-corrected chi connectivity index (χ2v) is 4.42. The molecule has 0 amide bonds. The van der Waals surface area contributed by atoms with Crippen LogP contribution in [0.4, 0.5) is 4.39 Å². The largest absolute Gasteiger partial charge is 0.271 e. The van der Waals surface area contributed by atoms with Gasteiger partial charge in [-0.2, -0.15) is 0 Å². The topological polar surface area (TPSA) is 50.9 Å². The minimum Gasteiger partial charge on any atom is -0.271 e. The van der Waals surface area contributed by atoms with Crippen LogP contribution in [0.1, 0.15) is 16.5 Å². The molecule has 0 aliphatic carbocycles. The lowest BCUT2D eigenvalue weighted by Gasteiger charge is -2.15. The molecule has 0 saturated carbocycles. The molecule has 0 bridgehead atoms. The molecule has 0 spiro atoms. The van der Waals surface area contributed by atoms with E-state index in [0.29, 0.717) is 6.42 Å². The number of hydrazine groups is 1. The smallest absolute Gasteiger partial charge is 0.123 e. The summed E-state index contributed by atoms with van der Waals surface area (Å²) in [6.07, 6.45) is 2.51. The van der Waals surface area contributed by atoms with Crippen molar-refractivity contribution in [1.82, 2.24) is 10.4 Å². The fourth-order valence-electron chi connectivity index (χ4n) is 1.54. The van der Waals surface area contributed by atoms with Crippen LogP contribution in [-0.2, 0) is 6.42 Å². The zero-order valence-electron chi connectivity index (χ0n) is 8.56. The lowest BCUT2D eigenvalue weighted by molar-refractivity contribution is 0.547. The number of aromatic nitrogens is 1. The second kappa shape index (κ2) is 5.16. The van der Waals surface area contributed by atoms with Crippen molar-refractivity contribution >= 4 is 11.3 Å². The number of rotatable bonds is 4. The molecule has 2 rings (SSSR count). The van der Waals surface area contributed by atoms with Crippen molar-refractivity contribution < 1.29 is 4.39 Å². The Balaban J connectivity index is 2.16. The number of nitrogens with two attached hydrogens (primary N) is 1. The van der Waals surface area contributed by atoms with Gasteiger partial charge in [0, 0.05) is 17.5 Å². The molecule has 1 aromatic carbocycles. The van der Waals surface area contributed by atoms with Gasteiger partial charge in [0.25, 0.3) is 0 Å². The van der Waals surface area contributed by atoms with Crippen molar-refractivity contribution in [2.75, 3.05) is 0 Å². The molecule has 84 valence electrons. The Bertz CT molecular complexity index is 444. The first-order valence-corrected chi connectivity index (χ1v) is 5.76. The average Bonchev–Trinajstić information content (AvgIpc) is 2.78. The minimum absolute atomic E-state index is 0.0869. The third-order valence-electron chi connectivity index (χ3n) is 2.34. The average molecular weight is 237 g/mol. The number of thiazole rings is 1. The van der Waals surface area contributed by atoms with Gasteiger partial charge < -0.3 is 0 Å².